The van der Waals surface area contributed by atoms with Crippen LogP contribution in [0.15, 0.2) is 11.6 Å². The van der Waals surface area contributed by atoms with Gasteiger partial charge in [0.2, 0.25) is 0 Å². The topological polar surface area (TPSA) is 20.2 Å². The van der Waals surface area contributed by atoms with E-state index in [9.17, 15) is 5.11 Å². The molecular weight excluding hydrogens is 196 g/mol. The van der Waals surface area contributed by atoms with E-state index in [1.165, 1.54) is 18.4 Å². The molecule has 5 atom stereocenters. The van der Waals surface area contributed by atoms with E-state index in [4.69, 9.17) is 0 Å². The van der Waals surface area contributed by atoms with Crippen molar-refractivity contribution in [2.24, 2.45) is 29.6 Å². The van der Waals surface area contributed by atoms with E-state index in [0.29, 0.717) is 17.8 Å². The first-order chi connectivity index (χ1) is 7.50. The van der Waals surface area contributed by atoms with E-state index in [0.717, 1.165) is 18.3 Å². The standard InChI is InChI=1S/C15H26O/c1-9(2)12-6-5-11(4)15-13(12)7-10(3)8-14(15)16/h7,9,11-16H,5-6,8H2,1-4H3/t11-,12+,13+,14+,15?/m1/s1. The van der Waals surface area contributed by atoms with E-state index in [1.807, 2.05) is 0 Å². The van der Waals surface area contributed by atoms with Crippen LogP contribution in [-0.4, -0.2) is 11.2 Å². The zero-order valence-electron chi connectivity index (χ0n) is 11.1. The summed E-state index contributed by atoms with van der Waals surface area (Å²) < 4.78 is 0. The monoisotopic (exact) mass is 222 g/mol. The van der Waals surface area contributed by atoms with E-state index < -0.39 is 0 Å². The number of hydrogen-bond acceptors (Lipinski definition) is 1. The minimum atomic E-state index is -0.0912. The van der Waals surface area contributed by atoms with Gasteiger partial charge in [0.05, 0.1) is 6.10 Å². The Kier molecular flexibility index (Phi) is 3.44. The maximum absolute atomic E-state index is 10.3. The molecule has 1 saturated carbocycles. The van der Waals surface area contributed by atoms with Gasteiger partial charge in [-0.25, -0.2) is 0 Å². The number of fused-ring (bicyclic) bond motifs is 1. The molecule has 2 aliphatic rings. The second-order valence-corrected chi connectivity index (χ2v) is 6.40. The Morgan fingerprint density at radius 3 is 2.62 bits per heavy atom. The molecule has 0 spiro atoms. The number of allylic oxidation sites excluding steroid dienone is 1. The molecule has 1 unspecified atom stereocenters. The number of hydrogen-bond donors (Lipinski definition) is 1. The van der Waals surface area contributed by atoms with Gasteiger partial charge in [-0.15, -0.1) is 0 Å². The van der Waals surface area contributed by atoms with Crippen molar-refractivity contribution >= 4 is 0 Å². The fourth-order valence-corrected chi connectivity index (χ4v) is 4.02. The summed E-state index contributed by atoms with van der Waals surface area (Å²) in [5, 5.41) is 10.3. The first-order valence-corrected chi connectivity index (χ1v) is 6.86. The van der Waals surface area contributed by atoms with Crippen LogP contribution >= 0.6 is 0 Å². The first-order valence-electron chi connectivity index (χ1n) is 6.86. The summed E-state index contributed by atoms with van der Waals surface area (Å²) >= 11 is 0. The lowest BCUT2D eigenvalue weighted by Crippen LogP contribution is -2.43. The van der Waals surface area contributed by atoms with Gasteiger partial charge in [0.15, 0.2) is 0 Å². The second kappa shape index (κ2) is 4.52. The summed E-state index contributed by atoms with van der Waals surface area (Å²) in [7, 11) is 0. The van der Waals surface area contributed by atoms with Crippen LogP contribution in [0.25, 0.3) is 0 Å². The predicted molar refractivity (Wildman–Crippen MR) is 68.1 cm³/mol. The van der Waals surface area contributed by atoms with Crippen LogP contribution in [0, 0.1) is 29.6 Å². The zero-order chi connectivity index (χ0) is 11.9. The molecule has 1 fully saturated rings. The van der Waals surface area contributed by atoms with Crippen molar-refractivity contribution in [2.45, 2.75) is 53.1 Å². The largest absolute Gasteiger partial charge is 0.392 e. The van der Waals surface area contributed by atoms with Gasteiger partial charge in [-0.05, 0) is 49.4 Å². The predicted octanol–water partition coefficient (Wildman–Crippen LogP) is 3.63. The highest BCUT2D eigenvalue weighted by Gasteiger charge is 2.42. The Morgan fingerprint density at radius 2 is 2.00 bits per heavy atom. The van der Waals surface area contributed by atoms with Gasteiger partial charge in [-0.3, -0.25) is 0 Å². The highest BCUT2D eigenvalue weighted by atomic mass is 16.3. The number of aliphatic hydroxyl groups is 1. The number of rotatable bonds is 1. The maximum Gasteiger partial charge on any atom is 0.0613 e. The van der Waals surface area contributed by atoms with Crippen molar-refractivity contribution in [3.63, 3.8) is 0 Å². The third-order valence-electron chi connectivity index (χ3n) is 4.86. The van der Waals surface area contributed by atoms with Gasteiger partial charge >= 0.3 is 0 Å². The summed E-state index contributed by atoms with van der Waals surface area (Å²) in [5.41, 5.74) is 1.40. The maximum atomic E-state index is 10.3. The van der Waals surface area contributed by atoms with Crippen LogP contribution < -0.4 is 0 Å². The van der Waals surface area contributed by atoms with Crippen LogP contribution in [0.2, 0.25) is 0 Å². The van der Waals surface area contributed by atoms with Gasteiger partial charge in [0, 0.05) is 0 Å². The fraction of sp³-hybridized carbons (Fsp3) is 0.867. The second-order valence-electron chi connectivity index (χ2n) is 6.40. The van der Waals surface area contributed by atoms with Crippen molar-refractivity contribution < 1.29 is 5.11 Å². The SMILES string of the molecule is CC1=C[C@@H]2C([C@H](C)CC[C@H]2C(C)C)[C@@H](O)C1. The Hall–Kier alpha value is -0.300. The molecule has 0 aromatic carbocycles. The molecule has 0 aliphatic heterocycles. The van der Waals surface area contributed by atoms with Crippen LogP contribution in [0.1, 0.15) is 47.0 Å². The lowest BCUT2D eigenvalue weighted by molar-refractivity contribution is -0.0124. The molecule has 0 heterocycles. The lowest BCUT2D eigenvalue weighted by atomic mass is 9.59. The molecule has 0 aromatic heterocycles. The van der Waals surface area contributed by atoms with Crippen LogP contribution in [0.5, 0.6) is 0 Å². The molecule has 1 N–H and O–H groups in total. The average molecular weight is 222 g/mol. The highest BCUT2D eigenvalue weighted by Crippen LogP contribution is 2.47. The van der Waals surface area contributed by atoms with E-state index in [2.05, 4.69) is 33.8 Å². The molecule has 0 radical (unpaired) electrons. The highest BCUT2D eigenvalue weighted by molar-refractivity contribution is 5.13. The van der Waals surface area contributed by atoms with Crippen LogP contribution in [-0.2, 0) is 0 Å². The Bertz CT molecular complexity index is 279. The van der Waals surface area contributed by atoms with Crippen LogP contribution in [0.3, 0.4) is 0 Å². The summed E-state index contributed by atoms with van der Waals surface area (Å²) in [5.74, 6) is 3.37. The molecule has 0 amide bonds. The van der Waals surface area contributed by atoms with Crippen molar-refractivity contribution in [3.8, 4) is 0 Å². The van der Waals surface area contributed by atoms with Crippen molar-refractivity contribution in [3.05, 3.63) is 11.6 Å². The van der Waals surface area contributed by atoms with Crippen molar-refractivity contribution in [1.29, 1.82) is 0 Å². The fourth-order valence-electron chi connectivity index (χ4n) is 4.02. The lowest BCUT2D eigenvalue weighted by Gasteiger charge is -2.47. The van der Waals surface area contributed by atoms with E-state index in [-0.39, 0.29) is 6.10 Å². The van der Waals surface area contributed by atoms with Gasteiger partial charge in [0.1, 0.15) is 0 Å². The molecule has 0 bridgehead atoms. The third-order valence-corrected chi connectivity index (χ3v) is 4.86. The minimum Gasteiger partial charge on any atom is -0.392 e. The molecule has 0 saturated heterocycles. The Labute approximate surface area is 99.9 Å². The molecule has 1 nitrogen and oxygen atoms in total. The number of aliphatic hydroxyl groups excluding tert-OH is 1. The van der Waals surface area contributed by atoms with Crippen LogP contribution in [0.4, 0.5) is 0 Å². The molecule has 1 heteroatoms. The van der Waals surface area contributed by atoms with Crippen molar-refractivity contribution in [1.82, 2.24) is 0 Å². The zero-order valence-corrected chi connectivity index (χ0v) is 11.1. The summed E-state index contributed by atoms with van der Waals surface area (Å²) in [6.07, 6.45) is 5.92. The molecular formula is C15H26O. The van der Waals surface area contributed by atoms with Crippen molar-refractivity contribution in [2.75, 3.05) is 0 Å². The first kappa shape index (κ1) is 12.2. The summed E-state index contributed by atoms with van der Waals surface area (Å²) in [6.45, 7) is 9.17. The average Bonchev–Trinajstić information content (AvgIpc) is 2.15. The normalized spacial score (nSPS) is 44.1. The Balaban J connectivity index is 2.27. The molecule has 92 valence electrons. The van der Waals surface area contributed by atoms with E-state index in [1.54, 1.807) is 0 Å². The summed E-state index contributed by atoms with van der Waals surface area (Å²) in [6, 6.07) is 0. The molecule has 2 rings (SSSR count). The van der Waals surface area contributed by atoms with Gasteiger partial charge in [-0.2, -0.15) is 0 Å². The quantitative estimate of drug-likeness (QED) is 0.672. The smallest absolute Gasteiger partial charge is 0.0613 e. The van der Waals surface area contributed by atoms with Gasteiger partial charge < -0.3 is 5.11 Å². The minimum absolute atomic E-state index is 0.0912. The molecule has 0 aromatic rings. The summed E-state index contributed by atoms with van der Waals surface area (Å²) in [4.78, 5) is 0. The molecule has 16 heavy (non-hydrogen) atoms. The van der Waals surface area contributed by atoms with Gasteiger partial charge in [0.25, 0.3) is 0 Å². The van der Waals surface area contributed by atoms with Gasteiger partial charge in [-0.1, -0.05) is 38.8 Å². The molecule has 2 aliphatic carbocycles. The van der Waals surface area contributed by atoms with E-state index >= 15 is 0 Å². The Morgan fingerprint density at radius 1 is 1.31 bits per heavy atom. The third kappa shape index (κ3) is 2.07.